The number of hydrogen-bond acceptors (Lipinski definition) is 2. The molecule has 2 aromatic carbocycles. The normalized spacial score (nSPS) is 11.2. The van der Waals surface area contributed by atoms with Crippen molar-refractivity contribution in [2.24, 2.45) is 0 Å². The largest absolute Gasteiger partial charge is 0.386 e. The minimum Gasteiger partial charge on any atom is -0.386 e. The van der Waals surface area contributed by atoms with E-state index in [1.165, 1.54) is 0 Å². The van der Waals surface area contributed by atoms with Crippen LogP contribution in [-0.4, -0.2) is 7.05 Å². The Morgan fingerprint density at radius 2 is 1.96 bits per heavy atom. The number of halogens is 1. The molecule has 0 aliphatic rings. The Morgan fingerprint density at radius 1 is 1.22 bits per heavy atom. The Morgan fingerprint density at radius 3 is 2.57 bits per heavy atom. The lowest BCUT2D eigenvalue weighted by Crippen LogP contribution is -2.00. The van der Waals surface area contributed by atoms with E-state index in [0.29, 0.717) is 16.8 Å². The van der Waals surface area contributed by atoms with Crippen LogP contribution >= 0.6 is 0 Å². The molecule has 0 atom stereocenters. The van der Waals surface area contributed by atoms with Gasteiger partial charge >= 0.3 is 0 Å². The number of anilines is 1. The molecule has 0 aromatic heterocycles. The molecule has 118 valence electrons. The minimum atomic E-state index is -0.270. The lowest BCUT2D eigenvalue weighted by molar-refractivity contribution is 0.627. The number of hydrogen-bond donors (Lipinski definition) is 1. The maximum absolute atomic E-state index is 14.8. The predicted molar refractivity (Wildman–Crippen MR) is 93.9 cm³/mol. The lowest BCUT2D eigenvalue weighted by atomic mass is 9.90. The fourth-order valence-corrected chi connectivity index (χ4v) is 2.77. The SMILES string of the molecule is CC/C=C(\c1cc(C#N)c(C)cc1C)c1cccc(NC)c1F. The molecule has 0 spiro atoms. The topological polar surface area (TPSA) is 35.8 Å². The van der Waals surface area contributed by atoms with Gasteiger partial charge in [-0.3, -0.25) is 0 Å². The summed E-state index contributed by atoms with van der Waals surface area (Å²) in [5.41, 5.74) is 5.35. The second-order valence-corrected chi connectivity index (χ2v) is 5.54. The molecule has 2 nitrogen and oxygen atoms in total. The number of nitriles is 1. The van der Waals surface area contributed by atoms with Crippen molar-refractivity contribution in [2.75, 3.05) is 12.4 Å². The molecule has 0 saturated carbocycles. The van der Waals surface area contributed by atoms with Gasteiger partial charge in [0.15, 0.2) is 5.82 Å². The van der Waals surface area contributed by atoms with Gasteiger partial charge < -0.3 is 5.32 Å². The molecule has 0 amide bonds. The number of rotatable bonds is 4. The van der Waals surface area contributed by atoms with Crippen LogP contribution in [0.2, 0.25) is 0 Å². The van der Waals surface area contributed by atoms with Crippen molar-refractivity contribution >= 4 is 11.3 Å². The van der Waals surface area contributed by atoms with Crippen molar-refractivity contribution < 1.29 is 4.39 Å². The van der Waals surface area contributed by atoms with Gasteiger partial charge in [-0.05, 0) is 54.7 Å². The molecule has 0 saturated heterocycles. The third-order valence-electron chi connectivity index (χ3n) is 3.95. The van der Waals surface area contributed by atoms with E-state index >= 15 is 0 Å². The molecule has 0 fully saturated rings. The average molecular weight is 308 g/mol. The molecule has 0 heterocycles. The Bertz CT molecular complexity index is 798. The first-order valence-electron chi connectivity index (χ1n) is 7.72. The van der Waals surface area contributed by atoms with Crippen LogP contribution in [0.4, 0.5) is 10.1 Å². The van der Waals surface area contributed by atoms with E-state index in [9.17, 15) is 9.65 Å². The van der Waals surface area contributed by atoms with Crippen molar-refractivity contribution in [3.8, 4) is 6.07 Å². The Labute approximate surface area is 137 Å². The first-order chi connectivity index (χ1) is 11.0. The maximum atomic E-state index is 14.8. The van der Waals surface area contributed by atoms with Crippen LogP contribution < -0.4 is 5.32 Å². The van der Waals surface area contributed by atoms with Crippen LogP contribution in [0.3, 0.4) is 0 Å². The highest BCUT2D eigenvalue weighted by molar-refractivity contribution is 5.83. The minimum absolute atomic E-state index is 0.270. The highest BCUT2D eigenvalue weighted by atomic mass is 19.1. The Kier molecular flexibility index (Phi) is 5.18. The van der Waals surface area contributed by atoms with Gasteiger partial charge in [-0.2, -0.15) is 5.26 Å². The van der Waals surface area contributed by atoms with Crippen LogP contribution in [-0.2, 0) is 0 Å². The number of nitrogens with one attached hydrogen (secondary N) is 1. The number of nitrogens with zero attached hydrogens (tertiary/aromatic N) is 1. The van der Waals surface area contributed by atoms with Gasteiger partial charge in [-0.15, -0.1) is 0 Å². The molecule has 0 aliphatic heterocycles. The summed E-state index contributed by atoms with van der Waals surface area (Å²) in [6.07, 6.45) is 2.80. The molecular formula is C20H21FN2. The van der Waals surface area contributed by atoms with Crippen LogP contribution in [0.5, 0.6) is 0 Å². The zero-order chi connectivity index (χ0) is 17.0. The predicted octanol–water partition coefficient (Wildman–Crippen LogP) is 5.20. The first kappa shape index (κ1) is 16.8. The summed E-state index contributed by atoms with van der Waals surface area (Å²) in [6, 6.07) is 11.4. The molecule has 0 aliphatic carbocycles. The smallest absolute Gasteiger partial charge is 0.154 e. The van der Waals surface area contributed by atoms with Crippen molar-refractivity contribution in [3.63, 3.8) is 0 Å². The van der Waals surface area contributed by atoms with Gasteiger partial charge in [-0.25, -0.2) is 4.39 Å². The quantitative estimate of drug-likeness (QED) is 0.843. The standard InChI is InChI=1S/C20H21FN2/c1-5-7-16(17-8-6-9-19(23-4)20(17)21)18-11-15(12-22)13(2)10-14(18)3/h6-11,23H,5H2,1-4H3/b16-7-. The third-order valence-corrected chi connectivity index (χ3v) is 3.95. The van der Waals surface area contributed by atoms with Crippen molar-refractivity contribution in [1.82, 2.24) is 0 Å². The maximum Gasteiger partial charge on any atom is 0.154 e. The second-order valence-electron chi connectivity index (χ2n) is 5.54. The fourth-order valence-electron chi connectivity index (χ4n) is 2.77. The van der Waals surface area contributed by atoms with E-state index in [-0.39, 0.29) is 5.82 Å². The van der Waals surface area contributed by atoms with E-state index in [1.807, 2.05) is 45.0 Å². The van der Waals surface area contributed by atoms with Crippen LogP contribution in [0.15, 0.2) is 36.4 Å². The lowest BCUT2D eigenvalue weighted by Gasteiger charge is -2.15. The van der Waals surface area contributed by atoms with Crippen LogP contribution in [0.25, 0.3) is 5.57 Å². The van der Waals surface area contributed by atoms with E-state index in [1.54, 1.807) is 19.2 Å². The first-order valence-corrected chi connectivity index (χ1v) is 7.72. The molecule has 0 bridgehead atoms. The van der Waals surface area contributed by atoms with E-state index in [2.05, 4.69) is 11.4 Å². The average Bonchev–Trinajstić information content (AvgIpc) is 2.54. The third kappa shape index (κ3) is 3.27. The number of benzene rings is 2. The molecule has 2 aromatic rings. The molecule has 0 unspecified atom stereocenters. The summed E-state index contributed by atoms with van der Waals surface area (Å²) < 4.78 is 14.8. The molecule has 23 heavy (non-hydrogen) atoms. The van der Waals surface area contributed by atoms with Crippen LogP contribution in [0.1, 0.15) is 41.2 Å². The van der Waals surface area contributed by atoms with Gasteiger partial charge in [0.05, 0.1) is 17.3 Å². The molecule has 1 N–H and O–H groups in total. The summed E-state index contributed by atoms with van der Waals surface area (Å²) >= 11 is 0. The monoisotopic (exact) mass is 308 g/mol. The van der Waals surface area contributed by atoms with Gasteiger partial charge in [0.2, 0.25) is 0 Å². The summed E-state index contributed by atoms with van der Waals surface area (Å²) in [7, 11) is 1.70. The van der Waals surface area contributed by atoms with Gasteiger partial charge in [0, 0.05) is 12.6 Å². The Hall–Kier alpha value is -2.60. The molecule has 0 radical (unpaired) electrons. The van der Waals surface area contributed by atoms with Crippen molar-refractivity contribution in [2.45, 2.75) is 27.2 Å². The molecular weight excluding hydrogens is 287 g/mol. The summed E-state index contributed by atoms with van der Waals surface area (Å²) in [4.78, 5) is 0. The van der Waals surface area contributed by atoms with E-state index < -0.39 is 0 Å². The van der Waals surface area contributed by atoms with Crippen molar-refractivity contribution in [3.05, 3.63) is 70.0 Å². The Balaban J connectivity index is 2.71. The molecule has 2 rings (SSSR count). The van der Waals surface area contributed by atoms with Gasteiger partial charge in [-0.1, -0.05) is 31.2 Å². The summed E-state index contributed by atoms with van der Waals surface area (Å²) in [6.45, 7) is 5.93. The zero-order valence-electron chi connectivity index (χ0n) is 14.0. The highest BCUT2D eigenvalue weighted by Gasteiger charge is 2.16. The van der Waals surface area contributed by atoms with Gasteiger partial charge in [0.1, 0.15) is 0 Å². The number of aryl methyl sites for hydroxylation is 2. The van der Waals surface area contributed by atoms with Crippen molar-refractivity contribution in [1.29, 1.82) is 5.26 Å². The summed E-state index contributed by atoms with van der Waals surface area (Å²) in [5, 5.41) is 12.2. The highest BCUT2D eigenvalue weighted by Crippen LogP contribution is 2.32. The zero-order valence-corrected chi connectivity index (χ0v) is 14.0. The fraction of sp³-hybridized carbons (Fsp3) is 0.250. The second kappa shape index (κ2) is 7.11. The van der Waals surface area contributed by atoms with E-state index in [4.69, 9.17) is 0 Å². The number of allylic oxidation sites excluding steroid dienone is 1. The molecule has 3 heteroatoms. The van der Waals surface area contributed by atoms with Gasteiger partial charge in [0.25, 0.3) is 0 Å². The van der Waals surface area contributed by atoms with E-state index in [0.717, 1.165) is 28.7 Å². The van der Waals surface area contributed by atoms with Crippen LogP contribution in [0, 0.1) is 31.0 Å². The summed E-state index contributed by atoms with van der Waals surface area (Å²) in [5.74, 6) is -0.270.